The van der Waals surface area contributed by atoms with Crippen molar-refractivity contribution in [3.05, 3.63) is 21.7 Å². The molecular formula is C12H17NO2S. The van der Waals surface area contributed by atoms with Gasteiger partial charge in [0.15, 0.2) is 0 Å². The molecule has 0 bridgehead atoms. The molecule has 0 amide bonds. The van der Waals surface area contributed by atoms with Crippen molar-refractivity contribution in [2.45, 2.75) is 40.2 Å². The first-order valence-corrected chi connectivity index (χ1v) is 5.95. The Bertz CT molecular complexity index is 394. The van der Waals surface area contributed by atoms with E-state index in [1.54, 1.807) is 17.4 Å². The van der Waals surface area contributed by atoms with Crippen molar-refractivity contribution >= 4 is 23.4 Å². The van der Waals surface area contributed by atoms with Crippen molar-refractivity contribution < 1.29 is 9.53 Å². The predicted octanol–water partition coefficient (Wildman–Crippen LogP) is 3.11. The average molecular weight is 239 g/mol. The van der Waals surface area contributed by atoms with E-state index in [9.17, 15) is 4.79 Å². The smallest absolute Gasteiger partial charge is 0.331 e. The number of aromatic nitrogens is 1. The number of thiazole rings is 1. The molecule has 0 unspecified atom stereocenters. The van der Waals surface area contributed by atoms with E-state index in [2.05, 4.69) is 4.98 Å². The second kappa shape index (κ2) is 4.78. The summed E-state index contributed by atoms with van der Waals surface area (Å²) in [6, 6.07) is 0. The van der Waals surface area contributed by atoms with Gasteiger partial charge in [-0.2, -0.15) is 0 Å². The number of hydrogen-bond donors (Lipinski definition) is 0. The topological polar surface area (TPSA) is 39.2 Å². The molecule has 0 spiro atoms. The maximum Gasteiger partial charge on any atom is 0.331 e. The van der Waals surface area contributed by atoms with Gasteiger partial charge >= 0.3 is 5.97 Å². The van der Waals surface area contributed by atoms with Crippen LogP contribution in [-0.4, -0.2) is 16.6 Å². The summed E-state index contributed by atoms with van der Waals surface area (Å²) in [5.41, 5.74) is 0.560. The first-order valence-electron chi connectivity index (χ1n) is 5.13. The summed E-state index contributed by atoms with van der Waals surface area (Å²) in [6.07, 6.45) is 3.11. The summed E-state index contributed by atoms with van der Waals surface area (Å²) in [5.74, 6) is -0.335. The van der Waals surface area contributed by atoms with Crippen molar-refractivity contribution in [2.24, 2.45) is 0 Å². The quantitative estimate of drug-likeness (QED) is 0.588. The number of nitrogens with zero attached hydrogens (tertiary/aromatic N) is 1. The van der Waals surface area contributed by atoms with E-state index in [0.717, 1.165) is 10.7 Å². The van der Waals surface area contributed by atoms with Crippen LogP contribution in [0.5, 0.6) is 0 Å². The molecule has 1 heterocycles. The number of ether oxygens (including phenoxy) is 1. The highest BCUT2D eigenvalue weighted by Crippen LogP contribution is 2.17. The first kappa shape index (κ1) is 12.9. The van der Waals surface area contributed by atoms with Crippen LogP contribution in [0.3, 0.4) is 0 Å². The van der Waals surface area contributed by atoms with Gasteiger partial charge in [-0.15, -0.1) is 11.3 Å². The molecule has 0 fully saturated rings. The molecule has 0 saturated carbocycles. The Labute approximate surface area is 100 Å². The van der Waals surface area contributed by atoms with Gasteiger partial charge < -0.3 is 4.74 Å². The molecule has 1 rings (SSSR count). The van der Waals surface area contributed by atoms with Crippen LogP contribution in [0.4, 0.5) is 0 Å². The molecule has 0 aromatic carbocycles. The van der Waals surface area contributed by atoms with Crippen molar-refractivity contribution in [1.29, 1.82) is 0 Å². The molecule has 0 atom stereocenters. The van der Waals surface area contributed by atoms with E-state index < -0.39 is 5.60 Å². The molecule has 1 aromatic heterocycles. The lowest BCUT2D eigenvalue weighted by atomic mass is 10.2. The predicted molar refractivity (Wildman–Crippen MR) is 66.5 cm³/mol. The zero-order valence-corrected chi connectivity index (χ0v) is 11.1. The molecule has 4 heteroatoms. The second-order valence-electron chi connectivity index (χ2n) is 4.56. The molecule has 88 valence electrons. The lowest BCUT2D eigenvalue weighted by Crippen LogP contribution is -2.22. The van der Waals surface area contributed by atoms with Crippen LogP contribution in [0, 0.1) is 13.8 Å². The SMILES string of the molecule is Cc1nc(/C=C/C(=O)OC(C)(C)C)sc1C. The normalized spacial score (nSPS) is 12.1. The van der Waals surface area contributed by atoms with Gasteiger partial charge in [-0.25, -0.2) is 9.78 Å². The lowest BCUT2D eigenvalue weighted by Gasteiger charge is -2.17. The highest BCUT2D eigenvalue weighted by Gasteiger charge is 2.13. The van der Waals surface area contributed by atoms with Crippen LogP contribution in [0.25, 0.3) is 6.08 Å². The Morgan fingerprint density at radius 1 is 1.38 bits per heavy atom. The third-order valence-electron chi connectivity index (χ3n) is 1.81. The Balaban J connectivity index is 2.64. The summed E-state index contributed by atoms with van der Waals surface area (Å²) in [6.45, 7) is 9.50. The van der Waals surface area contributed by atoms with E-state index in [0.29, 0.717) is 0 Å². The van der Waals surface area contributed by atoms with Gasteiger partial charge in [-0.3, -0.25) is 0 Å². The van der Waals surface area contributed by atoms with E-state index in [1.807, 2.05) is 34.6 Å². The van der Waals surface area contributed by atoms with Crippen LogP contribution < -0.4 is 0 Å². The maximum absolute atomic E-state index is 11.4. The fourth-order valence-electron chi connectivity index (χ4n) is 1.04. The highest BCUT2D eigenvalue weighted by molar-refractivity contribution is 7.12. The van der Waals surface area contributed by atoms with Crippen LogP contribution in [0.1, 0.15) is 36.3 Å². The third-order valence-corrected chi connectivity index (χ3v) is 2.85. The zero-order valence-electron chi connectivity index (χ0n) is 10.3. The highest BCUT2D eigenvalue weighted by atomic mass is 32.1. The average Bonchev–Trinajstić information content (AvgIpc) is 2.40. The molecule has 0 aliphatic carbocycles. The minimum Gasteiger partial charge on any atom is -0.457 e. The monoisotopic (exact) mass is 239 g/mol. The Morgan fingerprint density at radius 3 is 2.44 bits per heavy atom. The second-order valence-corrected chi connectivity index (χ2v) is 5.80. The van der Waals surface area contributed by atoms with Gasteiger partial charge in [-0.05, 0) is 40.7 Å². The molecule has 3 nitrogen and oxygen atoms in total. The lowest BCUT2D eigenvalue weighted by molar-refractivity contribution is -0.148. The molecule has 0 N–H and O–H groups in total. The third kappa shape index (κ3) is 4.14. The van der Waals surface area contributed by atoms with Crippen LogP contribution in [0.15, 0.2) is 6.08 Å². The number of esters is 1. The minimum atomic E-state index is -0.448. The molecular weight excluding hydrogens is 222 g/mol. The van der Waals surface area contributed by atoms with Crippen LogP contribution in [0.2, 0.25) is 0 Å². The fraction of sp³-hybridized carbons (Fsp3) is 0.500. The van der Waals surface area contributed by atoms with Gasteiger partial charge in [0.25, 0.3) is 0 Å². The van der Waals surface area contributed by atoms with E-state index in [4.69, 9.17) is 4.74 Å². The standard InChI is InChI=1S/C12H17NO2S/c1-8-9(2)16-10(13-8)6-7-11(14)15-12(3,4)5/h6-7H,1-5H3/b7-6+. The van der Waals surface area contributed by atoms with Gasteiger partial charge in [0.2, 0.25) is 0 Å². The van der Waals surface area contributed by atoms with Crippen LogP contribution >= 0.6 is 11.3 Å². The molecule has 0 saturated heterocycles. The van der Waals surface area contributed by atoms with Crippen molar-refractivity contribution in [3.8, 4) is 0 Å². The molecule has 0 aliphatic rings. The summed E-state index contributed by atoms with van der Waals surface area (Å²) >= 11 is 1.57. The maximum atomic E-state index is 11.4. The number of hydrogen-bond acceptors (Lipinski definition) is 4. The molecule has 16 heavy (non-hydrogen) atoms. The largest absolute Gasteiger partial charge is 0.457 e. The number of aryl methyl sites for hydroxylation is 2. The van der Waals surface area contributed by atoms with Crippen molar-refractivity contribution in [3.63, 3.8) is 0 Å². The summed E-state index contributed by atoms with van der Waals surface area (Å²) in [4.78, 5) is 16.9. The van der Waals surface area contributed by atoms with Crippen molar-refractivity contribution in [2.75, 3.05) is 0 Å². The van der Waals surface area contributed by atoms with Gasteiger partial charge in [-0.1, -0.05) is 0 Å². The first-order chi connectivity index (χ1) is 7.28. The molecule has 0 aliphatic heterocycles. The van der Waals surface area contributed by atoms with E-state index >= 15 is 0 Å². The number of carbonyl (C=O) groups excluding carboxylic acids is 1. The molecule has 0 radical (unpaired) electrons. The zero-order chi connectivity index (χ0) is 12.3. The van der Waals surface area contributed by atoms with Crippen LogP contribution in [-0.2, 0) is 9.53 Å². The van der Waals surface area contributed by atoms with E-state index in [1.165, 1.54) is 11.0 Å². The Kier molecular flexibility index (Phi) is 3.86. The number of carbonyl (C=O) groups is 1. The summed E-state index contributed by atoms with van der Waals surface area (Å²) in [7, 11) is 0. The summed E-state index contributed by atoms with van der Waals surface area (Å²) < 4.78 is 5.15. The summed E-state index contributed by atoms with van der Waals surface area (Å²) in [5, 5.41) is 0.834. The fourth-order valence-corrected chi connectivity index (χ4v) is 1.87. The van der Waals surface area contributed by atoms with E-state index in [-0.39, 0.29) is 5.97 Å². The minimum absolute atomic E-state index is 0.335. The Hall–Kier alpha value is -1.16. The molecule has 1 aromatic rings. The van der Waals surface area contributed by atoms with Gasteiger partial charge in [0, 0.05) is 11.0 Å². The van der Waals surface area contributed by atoms with Crippen molar-refractivity contribution in [1.82, 2.24) is 4.98 Å². The Morgan fingerprint density at radius 2 is 2.00 bits per heavy atom. The van der Waals surface area contributed by atoms with Gasteiger partial charge in [0.05, 0.1) is 5.69 Å². The number of rotatable bonds is 2. The van der Waals surface area contributed by atoms with Gasteiger partial charge in [0.1, 0.15) is 10.6 Å².